The molecule has 0 radical (unpaired) electrons. The van der Waals surface area contributed by atoms with Crippen molar-refractivity contribution < 1.29 is 9.53 Å². The highest BCUT2D eigenvalue weighted by molar-refractivity contribution is 5.80. The molecule has 1 N–H and O–H groups in total. The molecule has 2 aliphatic rings. The Bertz CT molecular complexity index is 451. The number of nitrogens with zero attached hydrogens (tertiary/aromatic N) is 3. The number of methoxy groups -OCH3 is 1. The van der Waals surface area contributed by atoms with Gasteiger partial charge in [0.2, 0.25) is 0 Å². The number of hydrogen-bond donors (Lipinski definition) is 1. The van der Waals surface area contributed by atoms with Gasteiger partial charge in [0, 0.05) is 39.8 Å². The number of esters is 1. The van der Waals surface area contributed by atoms with E-state index in [4.69, 9.17) is 4.74 Å². The van der Waals surface area contributed by atoms with Crippen LogP contribution in [0.1, 0.15) is 46.0 Å². The summed E-state index contributed by atoms with van der Waals surface area (Å²) in [6.45, 7) is 11.2. The molecule has 2 rings (SSSR count). The second kappa shape index (κ2) is 10.8. The van der Waals surface area contributed by atoms with Gasteiger partial charge >= 0.3 is 5.97 Å². The van der Waals surface area contributed by atoms with E-state index in [2.05, 4.69) is 34.0 Å². The SMILES string of the molecule is CN=C(NCCCCN1CC(C)CC(C)C1)N1CCC(C(=O)OC)CC1. The lowest BCUT2D eigenvalue weighted by molar-refractivity contribution is -0.146. The average Bonchev–Trinajstić information content (AvgIpc) is 2.63. The summed E-state index contributed by atoms with van der Waals surface area (Å²) in [5.41, 5.74) is 0. The van der Waals surface area contributed by atoms with Crippen LogP contribution in [0.3, 0.4) is 0 Å². The smallest absolute Gasteiger partial charge is 0.308 e. The van der Waals surface area contributed by atoms with Gasteiger partial charge in [0.05, 0.1) is 13.0 Å². The predicted molar refractivity (Wildman–Crippen MR) is 106 cm³/mol. The fourth-order valence-corrected chi connectivity index (χ4v) is 4.46. The van der Waals surface area contributed by atoms with E-state index in [9.17, 15) is 4.79 Å². The number of piperidine rings is 2. The number of carbonyl (C=O) groups is 1. The standard InChI is InChI=1S/C20H38N4O2/c1-16-13-17(2)15-23(14-16)10-6-5-9-22-20(21-3)24-11-7-18(8-12-24)19(25)26-4/h16-18H,5-15H2,1-4H3,(H,21,22). The summed E-state index contributed by atoms with van der Waals surface area (Å²) in [4.78, 5) is 20.9. The molecule has 2 unspecified atom stereocenters. The van der Waals surface area contributed by atoms with Crippen molar-refractivity contribution in [2.75, 3.05) is 53.4 Å². The molecule has 6 heteroatoms. The Morgan fingerprint density at radius 3 is 2.38 bits per heavy atom. The van der Waals surface area contributed by atoms with Gasteiger partial charge in [0.1, 0.15) is 0 Å². The molecule has 6 nitrogen and oxygen atoms in total. The second-order valence-corrected chi connectivity index (χ2v) is 8.17. The van der Waals surface area contributed by atoms with Crippen molar-refractivity contribution in [1.82, 2.24) is 15.1 Å². The summed E-state index contributed by atoms with van der Waals surface area (Å²) in [5.74, 6) is 2.61. The molecule has 0 amide bonds. The molecule has 2 atom stereocenters. The fraction of sp³-hybridized carbons (Fsp3) is 0.900. The Balaban J connectivity index is 1.61. The fourth-order valence-electron chi connectivity index (χ4n) is 4.46. The van der Waals surface area contributed by atoms with E-state index in [0.29, 0.717) is 0 Å². The summed E-state index contributed by atoms with van der Waals surface area (Å²) in [6, 6.07) is 0. The molecule has 150 valence electrons. The zero-order chi connectivity index (χ0) is 18.9. The van der Waals surface area contributed by atoms with Crippen LogP contribution in [0.4, 0.5) is 0 Å². The Morgan fingerprint density at radius 1 is 1.15 bits per heavy atom. The lowest BCUT2D eigenvalue weighted by Gasteiger charge is -2.35. The monoisotopic (exact) mass is 366 g/mol. The van der Waals surface area contributed by atoms with E-state index in [1.165, 1.54) is 39.6 Å². The number of rotatable bonds is 6. The van der Waals surface area contributed by atoms with Gasteiger partial charge in [-0.1, -0.05) is 13.8 Å². The number of aliphatic imine (C=N–C) groups is 1. The molecule has 2 fully saturated rings. The van der Waals surface area contributed by atoms with Gasteiger partial charge in [0.25, 0.3) is 0 Å². The van der Waals surface area contributed by atoms with Crippen LogP contribution >= 0.6 is 0 Å². The quantitative estimate of drug-likeness (QED) is 0.338. The molecule has 2 aliphatic heterocycles. The lowest BCUT2D eigenvalue weighted by atomic mass is 9.92. The maximum absolute atomic E-state index is 11.6. The molecular formula is C20H38N4O2. The Hall–Kier alpha value is -1.30. The van der Waals surface area contributed by atoms with Crippen LogP contribution in [-0.2, 0) is 9.53 Å². The van der Waals surface area contributed by atoms with Gasteiger partial charge in [-0.2, -0.15) is 0 Å². The number of guanidine groups is 1. The van der Waals surface area contributed by atoms with E-state index in [-0.39, 0.29) is 11.9 Å². The number of ether oxygens (including phenoxy) is 1. The molecule has 0 bridgehead atoms. The van der Waals surface area contributed by atoms with Crippen molar-refractivity contribution in [2.45, 2.75) is 46.0 Å². The number of likely N-dealkylation sites (tertiary alicyclic amines) is 2. The Labute approximate surface area is 159 Å². The maximum Gasteiger partial charge on any atom is 0.308 e. The topological polar surface area (TPSA) is 57.2 Å². The third kappa shape index (κ3) is 6.45. The summed E-state index contributed by atoms with van der Waals surface area (Å²) in [5, 5.41) is 3.49. The van der Waals surface area contributed by atoms with Crippen LogP contribution in [0.2, 0.25) is 0 Å². The van der Waals surface area contributed by atoms with E-state index >= 15 is 0 Å². The van der Waals surface area contributed by atoms with E-state index in [0.717, 1.165) is 56.7 Å². The van der Waals surface area contributed by atoms with Gasteiger partial charge in [-0.05, 0) is 50.5 Å². The highest BCUT2D eigenvalue weighted by Gasteiger charge is 2.27. The van der Waals surface area contributed by atoms with Gasteiger partial charge in [-0.15, -0.1) is 0 Å². The predicted octanol–water partition coefficient (Wildman–Crippen LogP) is 2.20. The van der Waals surface area contributed by atoms with Crippen LogP contribution in [0.5, 0.6) is 0 Å². The molecule has 2 saturated heterocycles. The molecule has 0 aromatic carbocycles. The molecule has 0 saturated carbocycles. The first kappa shape index (κ1) is 21.0. The van der Waals surface area contributed by atoms with Crippen molar-refractivity contribution in [1.29, 1.82) is 0 Å². The number of unbranched alkanes of at least 4 members (excludes halogenated alkanes) is 1. The van der Waals surface area contributed by atoms with Crippen molar-refractivity contribution in [3.63, 3.8) is 0 Å². The number of carbonyl (C=O) groups excluding carboxylic acids is 1. The minimum absolute atomic E-state index is 0.0451. The molecule has 0 aromatic heterocycles. The number of nitrogens with one attached hydrogen (secondary N) is 1. The summed E-state index contributed by atoms with van der Waals surface area (Å²) in [6.07, 6.45) is 5.46. The van der Waals surface area contributed by atoms with E-state index in [1.54, 1.807) is 0 Å². The van der Waals surface area contributed by atoms with E-state index < -0.39 is 0 Å². The molecular weight excluding hydrogens is 328 g/mol. The van der Waals surface area contributed by atoms with Crippen molar-refractivity contribution in [3.8, 4) is 0 Å². The van der Waals surface area contributed by atoms with Crippen LogP contribution in [0.25, 0.3) is 0 Å². The normalized spacial score (nSPS) is 26.0. The van der Waals surface area contributed by atoms with E-state index in [1.807, 2.05) is 7.05 Å². The minimum atomic E-state index is -0.0751. The van der Waals surface area contributed by atoms with Gasteiger partial charge in [-0.25, -0.2) is 0 Å². The van der Waals surface area contributed by atoms with Crippen LogP contribution < -0.4 is 5.32 Å². The van der Waals surface area contributed by atoms with Crippen molar-refractivity contribution >= 4 is 11.9 Å². The first-order valence-corrected chi connectivity index (χ1v) is 10.3. The Morgan fingerprint density at radius 2 is 1.81 bits per heavy atom. The largest absolute Gasteiger partial charge is 0.469 e. The van der Waals surface area contributed by atoms with Gasteiger partial charge < -0.3 is 19.9 Å². The van der Waals surface area contributed by atoms with Crippen molar-refractivity contribution in [3.05, 3.63) is 0 Å². The maximum atomic E-state index is 11.6. The highest BCUT2D eigenvalue weighted by Crippen LogP contribution is 2.21. The van der Waals surface area contributed by atoms with Crippen LogP contribution in [-0.4, -0.2) is 75.2 Å². The zero-order valence-corrected chi connectivity index (χ0v) is 17.2. The third-order valence-corrected chi connectivity index (χ3v) is 5.67. The highest BCUT2D eigenvalue weighted by atomic mass is 16.5. The van der Waals surface area contributed by atoms with Gasteiger partial charge in [0.15, 0.2) is 5.96 Å². The molecule has 0 aliphatic carbocycles. The zero-order valence-electron chi connectivity index (χ0n) is 17.2. The average molecular weight is 367 g/mol. The second-order valence-electron chi connectivity index (χ2n) is 8.17. The molecule has 0 spiro atoms. The third-order valence-electron chi connectivity index (χ3n) is 5.67. The van der Waals surface area contributed by atoms with Crippen LogP contribution in [0.15, 0.2) is 4.99 Å². The Kier molecular flexibility index (Phi) is 8.69. The van der Waals surface area contributed by atoms with Gasteiger partial charge in [-0.3, -0.25) is 9.79 Å². The first-order chi connectivity index (χ1) is 12.5. The summed E-state index contributed by atoms with van der Waals surface area (Å²) < 4.78 is 4.86. The first-order valence-electron chi connectivity index (χ1n) is 10.3. The summed E-state index contributed by atoms with van der Waals surface area (Å²) in [7, 11) is 3.31. The molecule has 2 heterocycles. The van der Waals surface area contributed by atoms with Crippen molar-refractivity contribution in [2.24, 2.45) is 22.7 Å². The molecule has 0 aromatic rings. The number of hydrogen-bond acceptors (Lipinski definition) is 4. The van der Waals surface area contributed by atoms with Crippen LogP contribution in [0, 0.1) is 17.8 Å². The summed E-state index contributed by atoms with van der Waals surface area (Å²) >= 11 is 0. The molecule has 26 heavy (non-hydrogen) atoms. The lowest BCUT2D eigenvalue weighted by Crippen LogP contribution is -2.47. The minimum Gasteiger partial charge on any atom is -0.469 e.